The van der Waals surface area contributed by atoms with E-state index in [0.29, 0.717) is 6.54 Å². The van der Waals surface area contributed by atoms with E-state index in [-0.39, 0.29) is 6.04 Å². The Labute approximate surface area is 122 Å². The van der Waals surface area contributed by atoms with E-state index in [9.17, 15) is 5.11 Å². The van der Waals surface area contributed by atoms with Gasteiger partial charge in [0.15, 0.2) is 0 Å². The van der Waals surface area contributed by atoms with Gasteiger partial charge in [0.1, 0.15) is 0 Å². The molecule has 1 aliphatic carbocycles. The zero-order chi connectivity index (χ0) is 14.9. The Balaban J connectivity index is 1.96. The molecule has 1 aromatic heterocycles. The van der Waals surface area contributed by atoms with Crippen LogP contribution in [-0.2, 0) is 7.05 Å². The standard InChI is InChI=1S/C16H29N3O/c1-11-6-8-16(20,9-7-11)10-17-12(2)15-13(3)18-19(5)14(15)4/h11-12,17,20H,6-10H2,1-5H3. The van der Waals surface area contributed by atoms with Gasteiger partial charge in [0, 0.05) is 30.9 Å². The third-order valence-corrected chi connectivity index (χ3v) is 4.94. The molecule has 4 heteroatoms. The van der Waals surface area contributed by atoms with Crippen LogP contribution in [0.25, 0.3) is 0 Å². The van der Waals surface area contributed by atoms with Crippen LogP contribution in [0.1, 0.15) is 62.5 Å². The van der Waals surface area contributed by atoms with Gasteiger partial charge in [-0.3, -0.25) is 4.68 Å². The first-order valence-corrected chi connectivity index (χ1v) is 7.78. The third-order valence-electron chi connectivity index (χ3n) is 4.94. The average molecular weight is 279 g/mol. The van der Waals surface area contributed by atoms with Crippen molar-refractivity contribution in [3.8, 4) is 0 Å². The van der Waals surface area contributed by atoms with Gasteiger partial charge in [-0.05, 0) is 52.4 Å². The summed E-state index contributed by atoms with van der Waals surface area (Å²) in [5.74, 6) is 0.760. The largest absolute Gasteiger partial charge is 0.389 e. The smallest absolute Gasteiger partial charge is 0.0772 e. The van der Waals surface area contributed by atoms with Gasteiger partial charge >= 0.3 is 0 Å². The van der Waals surface area contributed by atoms with Crippen molar-refractivity contribution in [2.45, 2.75) is 65.0 Å². The predicted octanol–water partition coefficient (Wildman–Crippen LogP) is 2.63. The summed E-state index contributed by atoms with van der Waals surface area (Å²) >= 11 is 0. The lowest BCUT2D eigenvalue weighted by molar-refractivity contribution is -0.00786. The van der Waals surface area contributed by atoms with E-state index in [1.807, 2.05) is 11.7 Å². The van der Waals surface area contributed by atoms with Gasteiger partial charge in [-0.15, -0.1) is 0 Å². The Morgan fingerprint density at radius 2 is 2.00 bits per heavy atom. The quantitative estimate of drug-likeness (QED) is 0.891. The van der Waals surface area contributed by atoms with Crippen LogP contribution < -0.4 is 5.32 Å². The molecule has 0 aromatic carbocycles. The molecule has 0 amide bonds. The van der Waals surface area contributed by atoms with Gasteiger partial charge in [-0.25, -0.2) is 0 Å². The molecular weight excluding hydrogens is 250 g/mol. The summed E-state index contributed by atoms with van der Waals surface area (Å²) < 4.78 is 1.93. The summed E-state index contributed by atoms with van der Waals surface area (Å²) in [6, 6.07) is 0.229. The summed E-state index contributed by atoms with van der Waals surface area (Å²) in [4.78, 5) is 0. The highest BCUT2D eigenvalue weighted by molar-refractivity contribution is 5.27. The second-order valence-electron chi connectivity index (χ2n) is 6.72. The summed E-state index contributed by atoms with van der Waals surface area (Å²) in [6.07, 6.45) is 4.10. The van der Waals surface area contributed by atoms with Crippen LogP contribution in [0, 0.1) is 19.8 Å². The molecule has 4 nitrogen and oxygen atoms in total. The summed E-state index contributed by atoms with van der Waals surface area (Å²) in [5.41, 5.74) is 3.02. The van der Waals surface area contributed by atoms with Crippen LogP contribution in [0.2, 0.25) is 0 Å². The van der Waals surface area contributed by atoms with E-state index in [2.05, 4.69) is 38.1 Å². The van der Waals surface area contributed by atoms with E-state index in [0.717, 1.165) is 37.3 Å². The topological polar surface area (TPSA) is 50.1 Å². The Hall–Kier alpha value is -0.870. The van der Waals surface area contributed by atoms with Gasteiger partial charge in [-0.1, -0.05) is 6.92 Å². The fraction of sp³-hybridized carbons (Fsp3) is 0.812. The van der Waals surface area contributed by atoms with E-state index in [1.54, 1.807) is 0 Å². The summed E-state index contributed by atoms with van der Waals surface area (Å²) in [5, 5.41) is 18.6. The first kappa shape index (κ1) is 15.5. The third kappa shape index (κ3) is 3.23. The van der Waals surface area contributed by atoms with Crippen molar-refractivity contribution < 1.29 is 5.11 Å². The summed E-state index contributed by atoms with van der Waals surface area (Å²) in [6.45, 7) is 9.26. The van der Waals surface area contributed by atoms with E-state index < -0.39 is 5.60 Å². The fourth-order valence-corrected chi connectivity index (χ4v) is 3.34. The Morgan fingerprint density at radius 1 is 1.40 bits per heavy atom. The minimum Gasteiger partial charge on any atom is -0.389 e. The van der Waals surface area contributed by atoms with Crippen molar-refractivity contribution in [1.82, 2.24) is 15.1 Å². The molecule has 0 spiro atoms. The van der Waals surface area contributed by atoms with Crippen molar-refractivity contribution in [2.75, 3.05) is 6.54 Å². The average Bonchev–Trinajstić information content (AvgIpc) is 2.65. The highest BCUT2D eigenvalue weighted by atomic mass is 16.3. The van der Waals surface area contributed by atoms with Gasteiger partial charge in [0.25, 0.3) is 0 Å². The highest BCUT2D eigenvalue weighted by Crippen LogP contribution is 2.32. The lowest BCUT2D eigenvalue weighted by Gasteiger charge is -2.36. The number of aryl methyl sites for hydroxylation is 2. The Kier molecular flexibility index (Phi) is 4.55. The first-order chi connectivity index (χ1) is 9.32. The van der Waals surface area contributed by atoms with Crippen molar-refractivity contribution in [2.24, 2.45) is 13.0 Å². The zero-order valence-electron chi connectivity index (χ0n) is 13.5. The van der Waals surface area contributed by atoms with Gasteiger partial charge in [-0.2, -0.15) is 5.10 Å². The van der Waals surface area contributed by atoms with Crippen LogP contribution in [0.3, 0.4) is 0 Å². The molecule has 2 N–H and O–H groups in total. The second-order valence-corrected chi connectivity index (χ2v) is 6.72. The van der Waals surface area contributed by atoms with Crippen LogP contribution in [-0.4, -0.2) is 27.0 Å². The maximum atomic E-state index is 10.6. The van der Waals surface area contributed by atoms with E-state index in [1.165, 1.54) is 11.3 Å². The molecule has 1 saturated carbocycles. The molecule has 0 radical (unpaired) electrons. The molecule has 1 atom stereocenters. The molecule has 1 heterocycles. The summed E-state index contributed by atoms with van der Waals surface area (Å²) in [7, 11) is 1.98. The molecule has 0 saturated heterocycles. The normalized spacial score (nSPS) is 28.6. The van der Waals surface area contributed by atoms with Crippen molar-refractivity contribution in [3.05, 3.63) is 17.0 Å². The number of nitrogens with zero attached hydrogens (tertiary/aromatic N) is 2. The first-order valence-electron chi connectivity index (χ1n) is 7.78. The molecular formula is C16H29N3O. The number of nitrogens with one attached hydrogen (secondary N) is 1. The van der Waals surface area contributed by atoms with Crippen LogP contribution >= 0.6 is 0 Å². The molecule has 1 aliphatic rings. The fourth-order valence-electron chi connectivity index (χ4n) is 3.34. The molecule has 1 fully saturated rings. The molecule has 0 bridgehead atoms. The van der Waals surface area contributed by atoms with Crippen molar-refractivity contribution in [3.63, 3.8) is 0 Å². The maximum absolute atomic E-state index is 10.6. The lowest BCUT2D eigenvalue weighted by Crippen LogP contribution is -2.44. The predicted molar refractivity (Wildman–Crippen MR) is 81.7 cm³/mol. The number of hydrogen-bond donors (Lipinski definition) is 2. The van der Waals surface area contributed by atoms with E-state index >= 15 is 0 Å². The van der Waals surface area contributed by atoms with Gasteiger partial charge < -0.3 is 10.4 Å². The zero-order valence-corrected chi connectivity index (χ0v) is 13.5. The molecule has 2 rings (SSSR count). The number of rotatable bonds is 4. The highest BCUT2D eigenvalue weighted by Gasteiger charge is 2.32. The van der Waals surface area contributed by atoms with Crippen molar-refractivity contribution >= 4 is 0 Å². The maximum Gasteiger partial charge on any atom is 0.0772 e. The number of hydrogen-bond acceptors (Lipinski definition) is 3. The molecule has 1 unspecified atom stereocenters. The van der Waals surface area contributed by atoms with E-state index in [4.69, 9.17) is 0 Å². The van der Waals surface area contributed by atoms with Crippen LogP contribution in [0.5, 0.6) is 0 Å². The lowest BCUT2D eigenvalue weighted by atomic mass is 9.79. The minimum absolute atomic E-state index is 0.229. The molecule has 1 aromatic rings. The van der Waals surface area contributed by atoms with Crippen LogP contribution in [0.4, 0.5) is 0 Å². The molecule has 20 heavy (non-hydrogen) atoms. The van der Waals surface area contributed by atoms with Gasteiger partial charge in [0.05, 0.1) is 11.3 Å². The Morgan fingerprint density at radius 3 is 2.50 bits per heavy atom. The van der Waals surface area contributed by atoms with Gasteiger partial charge in [0.2, 0.25) is 0 Å². The van der Waals surface area contributed by atoms with Crippen molar-refractivity contribution in [1.29, 1.82) is 0 Å². The Bertz CT molecular complexity index is 459. The number of aliphatic hydroxyl groups is 1. The molecule has 0 aliphatic heterocycles. The monoisotopic (exact) mass is 279 g/mol. The second kappa shape index (κ2) is 5.86. The minimum atomic E-state index is -0.523. The molecule has 114 valence electrons. The SMILES string of the molecule is Cc1nn(C)c(C)c1C(C)NCC1(O)CCC(C)CC1. The van der Waals surface area contributed by atoms with Crippen LogP contribution in [0.15, 0.2) is 0 Å². The number of aromatic nitrogens is 2.